The van der Waals surface area contributed by atoms with E-state index in [-0.39, 0.29) is 12.4 Å². The van der Waals surface area contributed by atoms with E-state index in [9.17, 15) is 4.39 Å². The molecule has 0 aliphatic carbocycles. The number of para-hydroxylation sites is 1. The second-order valence-corrected chi connectivity index (χ2v) is 7.83. The topological polar surface area (TPSA) is 54.0 Å². The molecule has 0 amide bonds. The molecule has 0 atom stereocenters. The Kier molecular flexibility index (Phi) is 6.11. The number of piperidine rings is 1. The highest BCUT2D eigenvalue weighted by atomic mass is 35.5. The number of likely N-dealkylation sites (tertiary alicyclic amines) is 1. The number of hydrogen-bond donors (Lipinski definition) is 1. The number of rotatable bonds is 6. The lowest BCUT2D eigenvalue weighted by molar-refractivity contribution is 0.197. The Labute approximate surface area is 174 Å². The predicted octanol–water partition coefficient (Wildman–Crippen LogP) is 4.86. The maximum atomic E-state index is 14.0. The Morgan fingerprint density at radius 1 is 1.17 bits per heavy atom. The molecule has 5 nitrogen and oxygen atoms in total. The van der Waals surface area contributed by atoms with Crippen LogP contribution in [0.15, 0.2) is 42.5 Å². The van der Waals surface area contributed by atoms with E-state index >= 15 is 0 Å². The summed E-state index contributed by atoms with van der Waals surface area (Å²) in [5, 5.41) is 7.63. The quantitative estimate of drug-likeness (QED) is 0.625. The fraction of sp³-hybridized carbons (Fsp3) is 0.364. The van der Waals surface area contributed by atoms with Crippen LogP contribution in [0.5, 0.6) is 5.75 Å². The van der Waals surface area contributed by atoms with E-state index in [1.165, 1.54) is 6.07 Å². The van der Waals surface area contributed by atoms with Crippen LogP contribution in [0, 0.1) is 12.7 Å². The largest absolute Gasteiger partial charge is 0.488 e. The van der Waals surface area contributed by atoms with Crippen molar-refractivity contribution < 1.29 is 9.13 Å². The van der Waals surface area contributed by atoms with Crippen LogP contribution >= 0.6 is 11.6 Å². The van der Waals surface area contributed by atoms with Gasteiger partial charge in [0.05, 0.1) is 5.02 Å². The van der Waals surface area contributed by atoms with Gasteiger partial charge < -0.3 is 4.74 Å². The van der Waals surface area contributed by atoms with Crippen molar-refractivity contribution in [1.29, 1.82) is 0 Å². The average Bonchev–Trinajstić information content (AvgIpc) is 3.16. The number of nitrogens with one attached hydrogen (secondary N) is 1. The van der Waals surface area contributed by atoms with Crippen LogP contribution in [-0.2, 0) is 13.2 Å². The van der Waals surface area contributed by atoms with Crippen LogP contribution in [0.2, 0.25) is 5.02 Å². The van der Waals surface area contributed by atoms with Gasteiger partial charge in [-0.3, -0.25) is 10.00 Å². The molecule has 152 valence electrons. The molecule has 2 aromatic carbocycles. The molecule has 1 saturated heterocycles. The standard InChI is InChI=1S/C22H24ClFN4O/c1-15-25-22(27-26-15)16-9-11-28(12-10-16)13-17-5-2-3-8-21(17)29-14-18-19(23)6-4-7-20(18)24/h2-8,16H,9-14H2,1H3,(H,25,26,27). The van der Waals surface area contributed by atoms with Gasteiger partial charge in [0.15, 0.2) is 5.82 Å². The molecule has 4 rings (SSSR count). The zero-order chi connectivity index (χ0) is 20.2. The Bertz CT molecular complexity index is 949. The zero-order valence-corrected chi connectivity index (χ0v) is 17.1. The first-order valence-electron chi connectivity index (χ1n) is 9.85. The van der Waals surface area contributed by atoms with Gasteiger partial charge in [-0.25, -0.2) is 9.37 Å². The van der Waals surface area contributed by atoms with Gasteiger partial charge in [-0.2, -0.15) is 5.10 Å². The molecule has 1 aliphatic rings. The van der Waals surface area contributed by atoms with Crippen molar-refractivity contribution in [3.8, 4) is 5.75 Å². The van der Waals surface area contributed by atoms with Gasteiger partial charge in [0, 0.05) is 23.6 Å². The monoisotopic (exact) mass is 414 g/mol. The van der Waals surface area contributed by atoms with Crippen molar-refractivity contribution in [2.45, 2.75) is 38.8 Å². The van der Waals surface area contributed by atoms with Crippen LogP contribution < -0.4 is 4.74 Å². The van der Waals surface area contributed by atoms with Crippen molar-refractivity contribution in [2.24, 2.45) is 0 Å². The van der Waals surface area contributed by atoms with Crippen molar-refractivity contribution >= 4 is 11.6 Å². The minimum atomic E-state index is -0.348. The third-order valence-corrected chi connectivity index (χ3v) is 5.72. The van der Waals surface area contributed by atoms with E-state index < -0.39 is 0 Å². The van der Waals surface area contributed by atoms with Crippen LogP contribution in [0.25, 0.3) is 0 Å². The minimum Gasteiger partial charge on any atom is -0.488 e. The first kappa shape index (κ1) is 19.9. The molecule has 1 fully saturated rings. The van der Waals surface area contributed by atoms with Crippen LogP contribution in [-0.4, -0.2) is 33.2 Å². The van der Waals surface area contributed by atoms with Gasteiger partial charge in [0.2, 0.25) is 0 Å². The highest BCUT2D eigenvalue weighted by molar-refractivity contribution is 6.31. The zero-order valence-electron chi connectivity index (χ0n) is 16.4. The maximum Gasteiger partial charge on any atom is 0.153 e. The Hall–Kier alpha value is -2.44. The highest BCUT2D eigenvalue weighted by Crippen LogP contribution is 2.29. The summed E-state index contributed by atoms with van der Waals surface area (Å²) in [7, 11) is 0. The normalized spacial score (nSPS) is 15.6. The second kappa shape index (κ2) is 8.93. The van der Waals surface area contributed by atoms with Gasteiger partial charge in [0.1, 0.15) is 24.0 Å². The molecule has 29 heavy (non-hydrogen) atoms. The first-order chi connectivity index (χ1) is 14.1. The number of ether oxygens (including phenoxy) is 1. The third kappa shape index (κ3) is 4.77. The molecule has 0 radical (unpaired) electrons. The van der Waals surface area contributed by atoms with Gasteiger partial charge in [-0.05, 0) is 51.1 Å². The molecule has 1 aromatic heterocycles. The molecular formula is C22H24ClFN4O. The lowest BCUT2D eigenvalue weighted by Crippen LogP contribution is -2.32. The molecule has 0 saturated carbocycles. The summed E-state index contributed by atoms with van der Waals surface area (Å²) >= 11 is 6.12. The van der Waals surface area contributed by atoms with Crippen LogP contribution in [0.1, 0.15) is 41.5 Å². The third-order valence-electron chi connectivity index (χ3n) is 5.37. The number of H-pyrrole nitrogens is 1. The molecule has 1 N–H and O–H groups in total. The van der Waals surface area contributed by atoms with Crippen molar-refractivity contribution in [1.82, 2.24) is 20.1 Å². The summed E-state index contributed by atoms with van der Waals surface area (Å²) in [6, 6.07) is 12.6. The van der Waals surface area contributed by atoms with Crippen molar-refractivity contribution in [3.05, 3.63) is 76.1 Å². The summed E-state index contributed by atoms with van der Waals surface area (Å²) in [5.74, 6) is 2.61. The Balaban J connectivity index is 1.38. The van der Waals surface area contributed by atoms with Crippen molar-refractivity contribution in [3.63, 3.8) is 0 Å². The smallest absolute Gasteiger partial charge is 0.153 e. The van der Waals surface area contributed by atoms with E-state index in [0.29, 0.717) is 16.5 Å². The lowest BCUT2D eigenvalue weighted by Gasteiger charge is -2.31. The molecule has 2 heterocycles. The fourth-order valence-corrected chi connectivity index (χ4v) is 3.95. The van der Waals surface area contributed by atoms with E-state index in [0.717, 1.165) is 55.4 Å². The molecule has 1 aliphatic heterocycles. The molecule has 0 unspecified atom stereocenters. The van der Waals surface area contributed by atoms with Gasteiger partial charge >= 0.3 is 0 Å². The molecule has 0 spiro atoms. The van der Waals surface area contributed by atoms with Crippen molar-refractivity contribution in [2.75, 3.05) is 13.1 Å². The highest BCUT2D eigenvalue weighted by Gasteiger charge is 2.24. The number of benzene rings is 2. The van der Waals surface area contributed by atoms with Crippen LogP contribution in [0.4, 0.5) is 4.39 Å². The number of nitrogens with zero attached hydrogens (tertiary/aromatic N) is 3. The molecule has 0 bridgehead atoms. The summed E-state index contributed by atoms with van der Waals surface area (Å²) < 4.78 is 20.0. The second-order valence-electron chi connectivity index (χ2n) is 7.43. The van der Waals surface area contributed by atoms with Gasteiger partial charge in [-0.15, -0.1) is 0 Å². The lowest BCUT2D eigenvalue weighted by atomic mass is 9.96. The van der Waals surface area contributed by atoms with E-state index in [4.69, 9.17) is 16.3 Å². The maximum absolute atomic E-state index is 14.0. The Morgan fingerprint density at radius 3 is 2.69 bits per heavy atom. The fourth-order valence-electron chi connectivity index (χ4n) is 3.73. The van der Waals surface area contributed by atoms with E-state index in [1.54, 1.807) is 12.1 Å². The average molecular weight is 415 g/mol. The molecule has 7 heteroatoms. The first-order valence-corrected chi connectivity index (χ1v) is 10.2. The summed E-state index contributed by atoms with van der Waals surface area (Å²) in [6.45, 7) is 4.78. The van der Waals surface area contributed by atoms with Gasteiger partial charge in [-0.1, -0.05) is 35.9 Å². The predicted molar refractivity (Wildman–Crippen MR) is 111 cm³/mol. The summed E-state index contributed by atoms with van der Waals surface area (Å²) in [6.07, 6.45) is 2.07. The number of hydrogen-bond acceptors (Lipinski definition) is 4. The molecule has 3 aromatic rings. The Morgan fingerprint density at radius 2 is 1.97 bits per heavy atom. The molecular weight excluding hydrogens is 391 g/mol. The number of halogens is 2. The number of aromatic amines is 1. The van der Waals surface area contributed by atoms with Gasteiger partial charge in [0.25, 0.3) is 0 Å². The SMILES string of the molecule is Cc1nc(C2CCN(Cc3ccccc3OCc3c(F)cccc3Cl)CC2)n[nH]1. The van der Waals surface area contributed by atoms with E-state index in [1.807, 2.05) is 25.1 Å². The summed E-state index contributed by atoms with van der Waals surface area (Å²) in [5.41, 5.74) is 1.47. The van der Waals surface area contributed by atoms with Crippen LogP contribution in [0.3, 0.4) is 0 Å². The summed E-state index contributed by atoms with van der Waals surface area (Å²) in [4.78, 5) is 6.89. The van der Waals surface area contributed by atoms with E-state index in [2.05, 4.69) is 26.1 Å². The number of aryl methyl sites for hydroxylation is 1. The number of aromatic nitrogens is 3. The minimum absolute atomic E-state index is 0.106.